The first-order valence-corrected chi connectivity index (χ1v) is 5.03. The highest BCUT2D eigenvalue weighted by Gasteiger charge is 2.14. The van der Waals surface area contributed by atoms with E-state index in [-0.39, 0.29) is 11.9 Å². The molecule has 1 unspecified atom stereocenters. The van der Waals surface area contributed by atoms with Crippen LogP contribution in [0.15, 0.2) is 6.20 Å². The van der Waals surface area contributed by atoms with Crippen molar-refractivity contribution >= 4 is 17.3 Å². The van der Waals surface area contributed by atoms with Crippen molar-refractivity contribution in [1.29, 1.82) is 0 Å². The summed E-state index contributed by atoms with van der Waals surface area (Å²) in [5.41, 5.74) is 0. The molecule has 4 nitrogen and oxygen atoms in total. The second-order valence-electron chi connectivity index (χ2n) is 2.91. The number of thiazole rings is 1. The lowest BCUT2D eigenvalue weighted by atomic mass is 10.2. The molecule has 0 radical (unpaired) electrons. The van der Waals surface area contributed by atoms with E-state index in [4.69, 9.17) is 4.74 Å². The molecule has 14 heavy (non-hydrogen) atoms. The van der Waals surface area contributed by atoms with Gasteiger partial charge < -0.3 is 9.47 Å². The number of carbonyl (C=O) groups is 1. The average Bonchev–Trinajstić information content (AvgIpc) is 2.66. The van der Waals surface area contributed by atoms with Crippen molar-refractivity contribution in [3.8, 4) is 0 Å². The van der Waals surface area contributed by atoms with Crippen LogP contribution in [0.25, 0.3) is 0 Å². The molecule has 1 rings (SSSR count). The van der Waals surface area contributed by atoms with Gasteiger partial charge in [-0.05, 0) is 0 Å². The van der Waals surface area contributed by atoms with E-state index < -0.39 is 0 Å². The fourth-order valence-corrected chi connectivity index (χ4v) is 1.90. The summed E-state index contributed by atoms with van der Waals surface area (Å²) in [5.74, 6) is -0.123. The highest BCUT2D eigenvalue weighted by Crippen LogP contribution is 2.22. The van der Waals surface area contributed by atoms with Gasteiger partial charge in [-0.1, -0.05) is 6.92 Å². The first-order chi connectivity index (χ1) is 6.69. The molecular formula is C9H13NO3S. The number of carbonyl (C=O) groups excluding carboxylic acids is 1. The number of rotatable bonds is 4. The molecule has 1 aromatic rings. The van der Waals surface area contributed by atoms with Crippen LogP contribution in [-0.4, -0.2) is 31.8 Å². The molecule has 1 atom stereocenters. The van der Waals surface area contributed by atoms with E-state index in [1.54, 1.807) is 7.11 Å². The van der Waals surface area contributed by atoms with Crippen LogP contribution in [0.5, 0.6) is 0 Å². The number of nitrogens with zero attached hydrogens (tertiary/aromatic N) is 1. The SMILES string of the molecule is COCC(C)c1ncc(C(=O)OC)s1. The van der Waals surface area contributed by atoms with E-state index in [1.807, 2.05) is 6.92 Å². The smallest absolute Gasteiger partial charge is 0.349 e. The van der Waals surface area contributed by atoms with Gasteiger partial charge in [0.05, 0.1) is 24.9 Å². The summed E-state index contributed by atoms with van der Waals surface area (Å²) in [4.78, 5) is 15.8. The summed E-state index contributed by atoms with van der Waals surface area (Å²) < 4.78 is 9.59. The van der Waals surface area contributed by atoms with Crippen LogP contribution in [0.3, 0.4) is 0 Å². The summed E-state index contributed by atoms with van der Waals surface area (Å²) in [6.07, 6.45) is 1.54. The molecule has 0 N–H and O–H groups in total. The number of methoxy groups -OCH3 is 2. The first-order valence-electron chi connectivity index (χ1n) is 4.22. The van der Waals surface area contributed by atoms with Gasteiger partial charge in [0.25, 0.3) is 0 Å². The Morgan fingerprint density at radius 2 is 2.36 bits per heavy atom. The molecule has 0 aliphatic rings. The molecule has 0 bridgehead atoms. The van der Waals surface area contributed by atoms with Crippen molar-refractivity contribution in [2.75, 3.05) is 20.8 Å². The molecule has 0 aliphatic heterocycles. The van der Waals surface area contributed by atoms with E-state index in [0.717, 1.165) is 5.01 Å². The van der Waals surface area contributed by atoms with Crippen molar-refractivity contribution in [2.24, 2.45) is 0 Å². The van der Waals surface area contributed by atoms with Crippen molar-refractivity contribution in [1.82, 2.24) is 4.98 Å². The summed E-state index contributed by atoms with van der Waals surface area (Å²) in [6.45, 7) is 2.61. The van der Waals surface area contributed by atoms with Gasteiger partial charge in [0, 0.05) is 13.0 Å². The predicted molar refractivity (Wildman–Crippen MR) is 53.7 cm³/mol. The van der Waals surface area contributed by atoms with Crippen LogP contribution < -0.4 is 0 Å². The summed E-state index contributed by atoms with van der Waals surface area (Å²) >= 11 is 1.35. The second kappa shape index (κ2) is 5.07. The lowest BCUT2D eigenvalue weighted by molar-refractivity contribution is 0.0606. The van der Waals surface area contributed by atoms with E-state index in [2.05, 4.69) is 9.72 Å². The van der Waals surface area contributed by atoms with Gasteiger partial charge in [0.1, 0.15) is 4.88 Å². The molecule has 1 heterocycles. The Hall–Kier alpha value is -0.940. The molecule has 1 aromatic heterocycles. The number of esters is 1. The zero-order valence-electron chi connectivity index (χ0n) is 8.44. The molecule has 0 saturated heterocycles. The Labute approximate surface area is 86.9 Å². The van der Waals surface area contributed by atoms with Gasteiger partial charge in [-0.25, -0.2) is 9.78 Å². The van der Waals surface area contributed by atoms with E-state index in [0.29, 0.717) is 11.5 Å². The maximum atomic E-state index is 11.1. The summed E-state index contributed by atoms with van der Waals surface area (Å²) in [6, 6.07) is 0. The lowest BCUT2D eigenvalue weighted by Gasteiger charge is -2.04. The van der Waals surface area contributed by atoms with Crippen LogP contribution in [0.1, 0.15) is 27.5 Å². The first kappa shape index (κ1) is 11.1. The summed E-state index contributed by atoms with van der Waals surface area (Å²) in [7, 11) is 3.01. The zero-order chi connectivity index (χ0) is 10.6. The Morgan fingerprint density at radius 1 is 1.64 bits per heavy atom. The van der Waals surface area contributed by atoms with Crippen molar-refractivity contribution in [3.63, 3.8) is 0 Å². The monoisotopic (exact) mass is 215 g/mol. The van der Waals surface area contributed by atoms with E-state index in [1.165, 1.54) is 24.6 Å². The molecule has 0 saturated carbocycles. The standard InChI is InChI=1S/C9H13NO3S/c1-6(5-12-2)8-10-4-7(14-8)9(11)13-3/h4,6H,5H2,1-3H3. The predicted octanol–water partition coefficient (Wildman–Crippen LogP) is 1.68. The Balaban J connectivity index is 2.72. The molecule has 0 fully saturated rings. The lowest BCUT2D eigenvalue weighted by Crippen LogP contribution is -2.00. The molecule has 78 valence electrons. The molecule has 0 spiro atoms. The number of hydrogen-bond acceptors (Lipinski definition) is 5. The average molecular weight is 215 g/mol. The van der Waals surface area contributed by atoms with Crippen molar-refractivity contribution in [3.05, 3.63) is 16.1 Å². The molecule has 0 aliphatic carbocycles. The molecular weight excluding hydrogens is 202 g/mol. The van der Waals surface area contributed by atoms with Crippen molar-refractivity contribution in [2.45, 2.75) is 12.8 Å². The molecule has 0 amide bonds. The maximum absolute atomic E-state index is 11.1. The fraction of sp³-hybridized carbons (Fsp3) is 0.556. The highest BCUT2D eigenvalue weighted by atomic mass is 32.1. The zero-order valence-corrected chi connectivity index (χ0v) is 9.26. The van der Waals surface area contributed by atoms with E-state index >= 15 is 0 Å². The molecule has 5 heteroatoms. The quantitative estimate of drug-likeness (QED) is 0.717. The Bertz CT molecular complexity index is 311. The second-order valence-corrected chi connectivity index (χ2v) is 3.97. The van der Waals surface area contributed by atoms with Crippen LogP contribution in [-0.2, 0) is 9.47 Å². The van der Waals surface area contributed by atoms with Crippen LogP contribution in [0.4, 0.5) is 0 Å². The topological polar surface area (TPSA) is 48.4 Å². The van der Waals surface area contributed by atoms with Gasteiger partial charge in [-0.15, -0.1) is 11.3 Å². The number of aromatic nitrogens is 1. The molecule has 0 aromatic carbocycles. The number of ether oxygens (including phenoxy) is 2. The van der Waals surface area contributed by atoms with Gasteiger partial charge in [-0.3, -0.25) is 0 Å². The van der Waals surface area contributed by atoms with Gasteiger partial charge in [0.15, 0.2) is 0 Å². The Morgan fingerprint density at radius 3 is 2.93 bits per heavy atom. The highest BCUT2D eigenvalue weighted by molar-refractivity contribution is 7.13. The Kier molecular flexibility index (Phi) is 4.03. The van der Waals surface area contributed by atoms with Crippen LogP contribution in [0.2, 0.25) is 0 Å². The number of hydrogen-bond donors (Lipinski definition) is 0. The van der Waals surface area contributed by atoms with Gasteiger partial charge >= 0.3 is 5.97 Å². The van der Waals surface area contributed by atoms with Crippen molar-refractivity contribution < 1.29 is 14.3 Å². The minimum absolute atomic E-state index is 0.211. The third-order valence-electron chi connectivity index (χ3n) is 1.75. The third-order valence-corrected chi connectivity index (χ3v) is 2.96. The van der Waals surface area contributed by atoms with Gasteiger partial charge in [-0.2, -0.15) is 0 Å². The van der Waals surface area contributed by atoms with Gasteiger partial charge in [0.2, 0.25) is 0 Å². The minimum atomic E-state index is -0.335. The van der Waals surface area contributed by atoms with Crippen LogP contribution >= 0.6 is 11.3 Å². The fourth-order valence-electron chi connectivity index (χ4n) is 1.03. The van der Waals surface area contributed by atoms with Crippen LogP contribution in [0, 0.1) is 0 Å². The summed E-state index contributed by atoms with van der Waals surface area (Å²) in [5, 5.41) is 0.896. The third kappa shape index (κ3) is 2.52. The normalized spacial score (nSPS) is 12.5. The minimum Gasteiger partial charge on any atom is -0.465 e. The maximum Gasteiger partial charge on any atom is 0.349 e. The largest absolute Gasteiger partial charge is 0.465 e. The van der Waals surface area contributed by atoms with E-state index in [9.17, 15) is 4.79 Å².